The van der Waals surface area contributed by atoms with Gasteiger partial charge in [-0.05, 0) is 25.7 Å². The summed E-state index contributed by atoms with van der Waals surface area (Å²) in [5.41, 5.74) is 5.87. The number of methoxy groups -OCH3 is 1. The minimum absolute atomic E-state index is 0.324. The molecule has 1 fully saturated rings. The fraction of sp³-hybridized carbons (Fsp3) is 0.636. The molecular weight excluding hydrogens is 240 g/mol. The van der Waals surface area contributed by atoms with Gasteiger partial charge in [-0.3, -0.25) is 0 Å². The van der Waals surface area contributed by atoms with Crippen molar-refractivity contribution in [3.8, 4) is 6.01 Å². The van der Waals surface area contributed by atoms with Crippen molar-refractivity contribution in [2.75, 3.05) is 12.4 Å². The van der Waals surface area contributed by atoms with Crippen molar-refractivity contribution >= 4 is 17.4 Å². The van der Waals surface area contributed by atoms with Crippen molar-refractivity contribution in [2.45, 2.75) is 37.8 Å². The summed E-state index contributed by atoms with van der Waals surface area (Å²) < 4.78 is 4.98. The fourth-order valence-corrected chi connectivity index (χ4v) is 2.15. The molecule has 0 spiro atoms. The number of aromatic nitrogens is 2. The normalized spacial score (nSPS) is 24.4. The second kappa shape index (κ2) is 5.51. The zero-order valence-electron chi connectivity index (χ0n) is 9.82. The first kappa shape index (κ1) is 12.4. The lowest BCUT2D eigenvalue weighted by molar-refractivity contribution is 0.379. The predicted octanol–water partition coefficient (Wildman–Crippen LogP) is 1.82. The summed E-state index contributed by atoms with van der Waals surface area (Å²) in [4.78, 5) is 8.13. The number of ether oxygens (including phenoxy) is 1. The highest BCUT2D eigenvalue weighted by Gasteiger charge is 2.19. The molecule has 0 aromatic carbocycles. The summed E-state index contributed by atoms with van der Waals surface area (Å²) in [6, 6.07) is 1.04. The lowest BCUT2D eigenvalue weighted by Crippen LogP contribution is -2.33. The minimum atomic E-state index is 0.324. The van der Waals surface area contributed by atoms with Crippen molar-refractivity contribution in [3.05, 3.63) is 11.2 Å². The van der Waals surface area contributed by atoms with Crippen LogP contribution >= 0.6 is 11.6 Å². The first-order chi connectivity index (χ1) is 8.19. The highest BCUT2D eigenvalue weighted by atomic mass is 35.5. The first-order valence-electron chi connectivity index (χ1n) is 5.77. The molecule has 1 saturated carbocycles. The molecule has 0 atom stereocenters. The van der Waals surface area contributed by atoms with Crippen molar-refractivity contribution in [3.63, 3.8) is 0 Å². The van der Waals surface area contributed by atoms with Crippen molar-refractivity contribution < 1.29 is 4.74 Å². The van der Waals surface area contributed by atoms with Crippen LogP contribution in [0.5, 0.6) is 6.01 Å². The molecule has 0 bridgehead atoms. The van der Waals surface area contributed by atoms with Gasteiger partial charge in [0.05, 0.1) is 13.3 Å². The van der Waals surface area contributed by atoms with E-state index in [2.05, 4.69) is 15.3 Å². The average Bonchev–Trinajstić information content (AvgIpc) is 2.35. The quantitative estimate of drug-likeness (QED) is 0.863. The van der Waals surface area contributed by atoms with Crippen LogP contribution < -0.4 is 15.8 Å². The second-order valence-corrected chi connectivity index (χ2v) is 4.72. The molecule has 1 aromatic rings. The Morgan fingerprint density at radius 2 is 2.12 bits per heavy atom. The van der Waals surface area contributed by atoms with Gasteiger partial charge in [0.2, 0.25) is 0 Å². The Morgan fingerprint density at radius 3 is 2.76 bits per heavy atom. The third-order valence-electron chi connectivity index (χ3n) is 3.02. The molecule has 17 heavy (non-hydrogen) atoms. The maximum atomic E-state index is 6.03. The Labute approximate surface area is 106 Å². The van der Waals surface area contributed by atoms with Gasteiger partial charge in [-0.1, -0.05) is 11.6 Å². The second-order valence-electron chi connectivity index (χ2n) is 4.31. The number of hydrogen-bond acceptors (Lipinski definition) is 5. The zero-order chi connectivity index (χ0) is 12.3. The van der Waals surface area contributed by atoms with Gasteiger partial charge in [0.15, 0.2) is 5.82 Å². The lowest BCUT2D eigenvalue weighted by atomic mass is 9.92. The van der Waals surface area contributed by atoms with Crippen LogP contribution in [0, 0.1) is 0 Å². The molecule has 94 valence electrons. The molecule has 0 unspecified atom stereocenters. The first-order valence-corrected chi connectivity index (χ1v) is 6.15. The van der Waals surface area contributed by atoms with Crippen LogP contribution in [0.15, 0.2) is 6.20 Å². The van der Waals surface area contributed by atoms with Gasteiger partial charge in [-0.2, -0.15) is 4.98 Å². The SMILES string of the molecule is COc1ncc(Cl)c(NC2CCC(N)CC2)n1. The highest BCUT2D eigenvalue weighted by Crippen LogP contribution is 2.25. The largest absolute Gasteiger partial charge is 0.467 e. The molecule has 5 nitrogen and oxygen atoms in total. The average molecular weight is 257 g/mol. The number of nitrogens with two attached hydrogens (primary N) is 1. The van der Waals surface area contributed by atoms with E-state index in [9.17, 15) is 0 Å². The summed E-state index contributed by atoms with van der Waals surface area (Å²) in [6.07, 6.45) is 5.72. The molecule has 1 aliphatic carbocycles. The van der Waals surface area contributed by atoms with E-state index < -0.39 is 0 Å². The smallest absolute Gasteiger partial charge is 0.318 e. The van der Waals surface area contributed by atoms with Gasteiger partial charge >= 0.3 is 6.01 Å². The molecule has 3 N–H and O–H groups in total. The summed E-state index contributed by atoms with van der Waals surface area (Å²) >= 11 is 6.03. The molecule has 0 radical (unpaired) electrons. The van der Waals surface area contributed by atoms with Crippen LogP contribution in [0.4, 0.5) is 5.82 Å². The van der Waals surface area contributed by atoms with Crippen LogP contribution in [0.2, 0.25) is 5.02 Å². The maximum absolute atomic E-state index is 6.03. The zero-order valence-corrected chi connectivity index (χ0v) is 10.6. The Hall–Kier alpha value is -1.07. The Kier molecular flexibility index (Phi) is 4.02. The predicted molar refractivity (Wildman–Crippen MR) is 67.4 cm³/mol. The number of rotatable bonds is 3. The van der Waals surface area contributed by atoms with Gasteiger partial charge in [0.25, 0.3) is 0 Å². The van der Waals surface area contributed by atoms with Crippen LogP contribution in [0.25, 0.3) is 0 Å². The fourth-order valence-electron chi connectivity index (χ4n) is 2.01. The van der Waals surface area contributed by atoms with E-state index in [0.29, 0.717) is 28.9 Å². The molecular formula is C11H17ClN4O. The van der Waals surface area contributed by atoms with Gasteiger partial charge in [0.1, 0.15) is 5.02 Å². The molecule has 1 heterocycles. The number of hydrogen-bond donors (Lipinski definition) is 2. The third kappa shape index (κ3) is 3.20. The Bertz CT molecular complexity index is 380. The molecule has 0 saturated heterocycles. The van der Waals surface area contributed by atoms with Crippen molar-refractivity contribution in [1.82, 2.24) is 9.97 Å². The molecule has 2 rings (SSSR count). The summed E-state index contributed by atoms with van der Waals surface area (Å²) in [5, 5.41) is 3.84. The summed E-state index contributed by atoms with van der Waals surface area (Å²) in [7, 11) is 1.53. The van der Waals surface area contributed by atoms with E-state index in [4.69, 9.17) is 22.1 Å². The number of nitrogens with zero attached hydrogens (tertiary/aromatic N) is 2. The van der Waals surface area contributed by atoms with E-state index >= 15 is 0 Å². The van der Waals surface area contributed by atoms with E-state index in [1.54, 1.807) is 6.20 Å². The molecule has 1 aliphatic rings. The van der Waals surface area contributed by atoms with Gasteiger partial charge in [0, 0.05) is 12.1 Å². The summed E-state index contributed by atoms with van der Waals surface area (Å²) in [5.74, 6) is 0.638. The van der Waals surface area contributed by atoms with Gasteiger partial charge in [-0.15, -0.1) is 0 Å². The van der Waals surface area contributed by atoms with E-state index in [1.807, 2.05) is 0 Å². The van der Waals surface area contributed by atoms with Gasteiger partial charge < -0.3 is 15.8 Å². The third-order valence-corrected chi connectivity index (χ3v) is 3.29. The summed E-state index contributed by atoms with van der Waals surface area (Å²) in [6.45, 7) is 0. The minimum Gasteiger partial charge on any atom is -0.467 e. The molecule has 0 aliphatic heterocycles. The van der Waals surface area contributed by atoms with E-state index in [0.717, 1.165) is 25.7 Å². The van der Waals surface area contributed by atoms with Gasteiger partial charge in [-0.25, -0.2) is 4.98 Å². The molecule has 0 amide bonds. The Morgan fingerprint density at radius 1 is 1.41 bits per heavy atom. The topological polar surface area (TPSA) is 73.1 Å². The Balaban J connectivity index is 2.02. The van der Waals surface area contributed by atoms with E-state index in [1.165, 1.54) is 7.11 Å². The number of nitrogens with one attached hydrogen (secondary N) is 1. The van der Waals surface area contributed by atoms with Crippen LogP contribution in [0.3, 0.4) is 0 Å². The van der Waals surface area contributed by atoms with Crippen molar-refractivity contribution in [1.29, 1.82) is 0 Å². The highest BCUT2D eigenvalue weighted by molar-refractivity contribution is 6.32. The van der Waals surface area contributed by atoms with Crippen LogP contribution in [0.1, 0.15) is 25.7 Å². The number of halogens is 1. The molecule has 1 aromatic heterocycles. The van der Waals surface area contributed by atoms with Crippen LogP contribution in [-0.4, -0.2) is 29.2 Å². The standard InChI is InChI=1S/C11H17ClN4O/c1-17-11-14-6-9(12)10(16-11)15-8-4-2-7(13)3-5-8/h6-8H,2-5,13H2,1H3,(H,14,15,16). The molecule has 6 heteroatoms. The monoisotopic (exact) mass is 256 g/mol. The number of anilines is 1. The van der Waals surface area contributed by atoms with E-state index in [-0.39, 0.29) is 0 Å². The maximum Gasteiger partial charge on any atom is 0.318 e. The van der Waals surface area contributed by atoms with Crippen molar-refractivity contribution in [2.24, 2.45) is 5.73 Å². The van der Waals surface area contributed by atoms with Crippen LogP contribution in [-0.2, 0) is 0 Å². The lowest BCUT2D eigenvalue weighted by Gasteiger charge is -2.27.